The molecule has 5 N–H and O–H groups in total. The number of aliphatic hydroxyl groups excluding tert-OH is 1. The van der Waals surface area contributed by atoms with E-state index < -0.39 is 162 Å². The van der Waals surface area contributed by atoms with Gasteiger partial charge in [0.05, 0.1) is 12.6 Å². The van der Waals surface area contributed by atoms with Crippen molar-refractivity contribution >= 4 is 65.0 Å². The van der Waals surface area contributed by atoms with Gasteiger partial charge in [0, 0.05) is 49.3 Å². The van der Waals surface area contributed by atoms with Gasteiger partial charge in [0.2, 0.25) is 65.0 Å². The van der Waals surface area contributed by atoms with Crippen LogP contribution < -0.4 is 21.3 Å². The largest absolute Gasteiger partial charge is 0.390 e. The molecule has 1 fully saturated rings. The summed E-state index contributed by atoms with van der Waals surface area (Å²) in [5.74, 6) is -10.3. The number of allylic oxidation sites excluding steroid dienone is 2. The second kappa shape index (κ2) is 35.0. The van der Waals surface area contributed by atoms with Crippen molar-refractivity contribution in [2.75, 3.05) is 55.9 Å². The monoisotopic (exact) mass is 1220 g/mol. The molecule has 0 aromatic heterocycles. The minimum Gasteiger partial charge on any atom is -0.390 e. The fourth-order valence-electron chi connectivity index (χ4n) is 10.8. The normalized spacial score (nSPS) is 26.8. The smallest absolute Gasteiger partial charge is 0.246 e. The van der Waals surface area contributed by atoms with Crippen molar-refractivity contribution in [3.8, 4) is 0 Å². The zero-order valence-electron chi connectivity index (χ0n) is 56.9. The fourth-order valence-corrected chi connectivity index (χ4v) is 10.8. The number of amides is 11. The topological polar surface area (TPSA) is 279 Å². The van der Waals surface area contributed by atoms with Crippen LogP contribution in [0.1, 0.15) is 157 Å². The number of nitrogens with zero attached hydrogens (tertiary/aromatic N) is 7. The zero-order chi connectivity index (χ0) is 66.8. The van der Waals surface area contributed by atoms with Crippen molar-refractivity contribution in [1.29, 1.82) is 0 Å². The summed E-state index contributed by atoms with van der Waals surface area (Å²) in [6, 6.07) is -12.4. The van der Waals surface area contributed by atoms with E-state index in [1.165, 1.54) is 87.7 Å². The number of hydrogen-bond donors (Lipinski definition) is 5. The number of likely N-dealkylation sites (N-methyl/N-ethyl adjacent to an activating group) is 7. The SMILES string of the molecule is C/C=C/C[C@@H](C)[C@@H](O)[C@H]1C(=O)N[C@@H](C(C)C)C(=O)N(C)CC(=O)N(C)[C@@H](CC(C)C)C(=O)N[C@@H](C(C)C)C(=O)N(C)[C@@H](CC(C)C)C(=O)N[C@@H](C)C(=O)N[C@H](C)C(=O)N(C)[C@@H](CC(C)C)C(=O)N(C)[C@@H](CC(C)C)C(=O)N(C)[C@@H](C(C)C)C(=O)N1C. The van der Waals surface area contributed by atoms with E-state index in [4.69, 9.17) is 0 Å². The molecule has 1 rings (SSSR count). The molecule has 23 heteroatoms. The summed E-state index contributed by atoms with van der Waals surface area (Å²) in [5, 5.41) is 23.2. The van der Waals surface area contributed by atoms with E-state index >= 15 is 9.59 Å². The first-order valence-corrected chi connectivity index (χ1v) is 30.9. The molecule has 1 aliphatic rings. The highest BCUT2D eigenvalue weighted by molar-refractivity contribution is 5.99. The quantitative estimate of drug-likeness (QED) is 0.147. The Balaban J connectivity index is 4.37. The summed E-state index contributed by atoms with van der Waals surface area (Å²) in [4.78, 5) is 169. The standard InChI is InChI=1S/C63H113N11O12/c1-26-27-28-41(16)53(76)52-57(80)67-49(38(10)11)61(84)68(19)33-48(75)69(20)44(29-34(2)3)56(79)66-50(39(12)13)62(85)70(21)45(30-35(4)5)55(78)64-42(17)54(77)65-43(18)58(81)71(22)46(31-36(6)7)59(82)72(23)47(32-37(8)9)60(83)73(24)51(40(14)15)63(86)74(52)25/h26-27,34-47,49-53,76H,28-33H2,1-25H3,(H,64,78)(H,65,77)(H,66,79)(H,67,80)/b27-26+/t41-,42+,43-,44+,45+,46+,47+,49+,50+,51+,52+,53-/m1/s1. The highest BCUT2D eigenvalue weighted by atomic mass is 16.3. The summed E-state index contributed by atoms with van der Waals surface area (Å²) >= 11 is 0. The Morgan fingerprint density at radius 1 is 0.419 bits per heavy atom. The molecular weight excluding hydrogens is 1100 g/mol. The molecule has 0 radical (unpaired) electrons. The second-order valence-electron chi connectivity index (χ2n) is 26.9. The summed E-state index contributed by atoms with van der Waals surface area (Å²) in [6.45, 7) is 31.1. The highest BCUT2D eigenvalue weighted by Gasteiger charge is 2.46. The van der Waals surface area contributed by atoms with Gasteiger partial charge in [-0.25, -0.2) is 0 Å². The molecule has 0 bridgehead atoms. The van der Waals surface area contributed by atoms with Crippen LogP contribution in [0.3, 0.4) is 0 Å². The number of carbonyl (C=O) groups is 11. The van der Waals surface area contributed by atoms with Crippen LogP contribution >= 0.6 is 0 Å². The lowest BCUT2D eigenvalue weighted by molar-refractivity contribution is -0.157. The fraction of sp³-hybridized carbons (Fsp3) is 0.794. The first-order valence-electron chi connectivity index (χ1n) is 30.9. The van der Waals surface area contributed by atoms with Crippen molar-refractivity contribution in [1.82, 2.24) is 55.6 Å². The lowest BCUT2D eigenvalue weighted by Crippen LogP contribution is -2.64. The summed E-state index contributed by atoms with van der Waals surface area (Å²) in [6.07, 6.45) is 3.00. The van der Waals surface area contributed by atoms with Gasteiger partial charge in [0.15, 0.2) is 0 Å². The molecule has 86 heavy (non-hydrogen) atoms. The van der Waals surface area contributed by atoms with Gasteiger partial charge in [0.1, 0.15) is 60.4 Å². The Bertz CT molecular complexity index is 2360. The number of carbonyl (C=O) groups excluding carboxylic acids is 11. The second-order valence-corrected chi connectivity index (χ2v) is 26.9. The van der Waals surface area contributed by atoms with E-state index in [9.17, 15) is 48.3 Å². The first-order chi connectivity index (χ1) is 39.6. The molecule has 11 amide bonds. The number of rotatable bonds is 15. The lowest BCUT2D eigenvalue weighted by atomic mass is 9.91. The van der Waals surface area contributed by atoms with Crippen LogP contribution in [-0.2, 0) is 52.7 Å². The average molecular weight is 1220 g/mol. The van der Waals surface area contributed by atoms with E-state index in [-0.39, 0.29) is 49.4 Å². The molecule has 0 spiro atoms. The zero-order valence-corrected chi connectivity index (χ0v) is 56.9. The molecule has 0 saturated carbocycles. The Hall–Kier alpha value is -6.13. The van der Waals surface area contributed by atoms with E-state index in [1.807, 2.05) is 61.5 Å². The number of aliphatic hydroxyl groups is 1. The number of nitrogens with one attached hydrogen (secondary N) is 4. The Morgan fingerprint density at radius 3 is 1.23 bits per heavy atom. The molecule has 492 valence electrons. The predicted molar refractivity (Wildman–Crippen MR) is 333 cm³/mol. The summed E-state index contributed by atoms with van der Waals surface area (Å²) in [5.41, 5.74) is 0. The molecule has 1 heterocycles. The summed E-state index contributed by atoms with van der Waals surface area (Å²) < 4.78 is 0. The Kier molecular flexibility index (Phi) is 31.7. The van der Waals surface area contributed by atoms with Crippen molar-refractivity contribution in [2.24, 2.45) is 47.3 Å². The number of hydrogen-bond acceptors (Lipinski definition) is 12. The third kappa shape index (κ3) is 21.6. The van der Waals surface area contributed by atoms with Crippen LogP contribution in [0.5, 0.6) is 0 Å². The van der Waals surface area contributed by atoms with Gasteiger partial charge < -0.3 is 60.7 Å². The van der Waals surface area contributed by atoms with Crippen LogP contribution in [0.25, 0.3) is 0 Å². The van der Waals surface area contributed by atoms with Crippen molar-refractivity contribution in [3.63, 3.8) is 0 Å². The van der Waals surface area contributed by atoms with Gasteiger partial charge in [-0.15, -0.1) is 0 Å². The molecule has 23 nitrogen and oxygen atoms in total. The molecule has 0 unspecified atom stereocenters. The lowest BCUT2D eigenvalue weighted by Gasteiger charge is -2.41. The van der Waals surface area contributed by atoms with Crippen LogP contribution in [0.4, 0.5) is 0 Å². The minimum absolute atomic E-state index is 0.131. The molecule has 1 saturated heterocycles. The third-order valence-electron chi connectivity index (χ3n) is 16.3. The first kappa shape index (κ1) is 77.9. The van der Waals surface area contributed by atoms with Gasteiger partial charge in [-0.3, -0.25) is 52.7 Å². The van der Waals surface area contributed by atoms with Crippen molar-refractivity contribution < 1.29 is 57.8 Å². The van der Waals surface area contributed by atoms with Gasteiger partial charge in [-0.05, 0) is 100 Å². The Labute approximate surface area is 515 Å². The van der Waals surface area contributed by atoms with Crippen LogP contribution in [0, 0.1) is 47.3 Å². The maximum Gasteiger partial charge on any atom is 0.246 e. The van der Waals surface area contributed by atoms with Crippen molar-refractivity contribution in [2.45, 2.75) is 223 Å². The van der Waals surface area contributed by atoms with E-state index in [2.05, 4.69) is 21.3 Å². The maximum absolute atomic E-state index is 15.2. The highest BCUT2D eigenvalue weighted by Crippen LogP contribution is 2.26. The van der Waals surface area contributed by atoms with E-state index in [0.717, 1.165) is 9.80 Å². The minimum atomic E-state index is -1.62. The molecule has 0 aromatic carbocycles. The van der Waals surface area contributed by atoms with Crippen LogP contribution in [-0.4, -0.2) is 227 Å². The molecule has 1 aliphatic heterocycles. The van der Waals surface area contributed by atoms with Crippen LogP contribution in [0.15, 0.2) is 12.2 Å². The maximum atomic E-state index is 15.2. The summed E-state index contributed by atoms with van der Waals surface area (Å²) in [7, 11) is 9.93. The average Bonchev–Trinajstić information content (AvgIpc) is 2.16. The predicted octanol–water partition coefficient (Wildman–Crippen LogP) is 3.52. The van der Waals surface area contributed by atoms with E-state index in [1.54, 1.807) is 61.5 Å². The molecule has 12 atom stereocenters. The van der Waals surface area contributed by atoms with Crippen molar-refractivity contribution in [3.05, 3.63) is 12.2 Å². The van der Waals surface area contributed by atoms with Gasteiger partial charge in [-0.1, -0.05) is 116 Å². The molecule has 0 aliphatic carbocycles. The molecular formula is C63H113N11O12. The van der Waals surface area contributed by atoms with Crippen LogP contribution in [0.2, 0.25) is 0 Å². The third-order valence-corrected chi connectivity index (χ3v) is 16.3. The molecule has 0 aromatic rings. The van der Waals surface area contributed by atoms with Gasteiger partial charge in [-0.2, -0.15) is 0 Å². The van der Waals surface area contributed by atoms with Gasteiger partial charge >= 0.3 is 0 Å². The van der Waals surface area contributed by atoms with Gasteiger partial charge in [0.25, 0.3) is 0 Å². The van der Waals surface area contributed by atoms with E-state index in [0.29, 0.717) is 6.42 Å². The Morgan fingerprint density at radius 2 is 0.791 bits per heavy atom.